The summed E-state index contributed by atoms with van der Waals surface area (Å²) < 4.78 is 37.1. The molecule has 1 N–H and O–H groups in total. The van der Waals surface area contributed by atoms with E-state index >= 15 is 0 Å². The van der Waals surface area contributed by atoms with Crippen LogP contribution in [0.15, 0.2) is 24.3 Å². The van der Waals surface area contributed by atoms with Gasteiger partial charge >= 0.3 is 6.18 Å². The highest BCUT2D eigenvalue weighted by atomic mass is 19.4. The van der Waals surface area contributed by atoms with Gasteiger partial charge in [-0.15, -0.1) is 10.2 Å². The Labute approximate surface area is 138 Å². The molecule has 0 radical (unpaired) electrons. The van der Waals surface area contributed by atoms with Gasteiger partial charge in [-0.2, -0.15) is 18.0 Å². The zero-order chi connectivity index (χ0) is 17.4. The summed E-state index contributed by atoms with van der Waals surface area (Å²) in [6, 6.07) is 8.35. The third-order valence-electron chi connectivity index (χ3n) is 4.47. The molecule has 0 saturated heterocycles. The first kappa shape index (κ1) is 16.9. The number of aryl methyl sites for hydroxylation is 1. The minimum atomic E-state index is -4.35. The fraction of sp³-hybridized carbons (Fsp3) is 0.562. The first-order valence-electron chi connectivity index (χ1n) is 7.89. The van der Waals surface area contributed by atoms with Crippen LogP contribution in [0.4, 0.5) is 13.2 Å². The molecule has 0 aliphatic heterocycles. The molecule has 0 saturated carbocycles. The third-order valence-corrected chi connectivity index (χ3v) is 4.47. The van der Waals surface area contributed by atoms with Crippen molar-refractivity contribution in [1.82, 2.24) is 25.5 Å². The maximum absolute atomic E-state index is 12.4. The average molecular weight is 339 g/mol. The highest BCUT2D eigenvalue weighted by molar-refractivity contribution is 5.34. The highest BCUT2D eigenvalue weighted by Crippen LogP contribution is 2.43. The van der Waals surface area contributed by atoms with Crippen molar-refractivity contribution < 1.29 is 13.2 Å². The molecule has 2 aromatic rings. The molecular weight excluding hydrogens is 319 g/mol. The molecule has 24 heavy (non-hydrogen) atoms. The number of rotatable bonds is 4. The molecule has 3 rings (SSSR count). The second-order valence-corrected chi connectivity index (χ2v) is 6.85. The van der Waals surface area contributed by atoms with E-state index in [1.807, 2.05) is 12.1 Å². The van der Waals surface area contributed by atoms with Crippen LogP contribution in [0.25, 0.3) is 0 Å². The Kier molecular flexibility index (Phi) is 4.33. The number of alkyl halides is 3. The average Bonchev–Trinajstić information content (AvgIpc) is 2.91. The van der Waals surface area contributed by atoms with Gasteiger partial charge in [-0.05, 0) is 34.6 Å². The number of benzene rings is 1. The highest BCUT2D eigenvalue weighted by Gasteiger charge is 2.35. The molecule has 0 spiro atoms. The maximum atomic E-state index is 12.4. The normalized spacial score (nSPS) is 20.0. The van der Waals surface area contributed by atoms with Crippen molar-refractivity contribution >= 4 is 0 Å². The van der Waals surface area contributed by atoms with Crippen molar-refractivity contribution in [3.63, 3.8) is 0 Å². The summed E-state index contributed by atoms with van der Waals surface area (Å²) in [4.78, 5) is 0.580. The number of nitrogens with one attached hydrogen (secondary N) is 1. The van der Waals surface area contributed by atoms with Crippen molar-refractivity contribution in [2.75, 3.05) is 0 Å². The molecule has 8 heteroatoms. The van der Waals surface area contributed by atoms with Crippen LogP contribution in [0.2, 0.25) is 0 Å². The van der Waals surface area contributed by atoms with Gasteiger partial charge in [0.1, 0.15) is 0 Å². The Morgan fingerprint density at radius 2 is 2.04 bits per heavy atom. The lowest BCUT2D eigenvalue weighted by molar-refractivity contribution is -0.145. The third kappa shape index (κ3) is 3.75. The van der Waals surface area contributed by atoms with Gasteiger partial charge in [0.15, 0.2) is 12.4 Å². The maximum Gasteiger partial charge on any atom is 0.409 e. The number of tetrazole rings is 1. The first-order chi connectivity index (χ1) is 11.2. The SMILES string of the molecule is CC1(C)CCc2ccccc2[C@H]1NCc1nnn(CC(F)(F)F)n1. The van der Waals surface area contributed by atoms with E-state index in [-0.39, 0.29) is 23.8 Å². The second kappa shape index (κ2) is 6.16. The molecular formula is C16H20F3N5. The molecule has 0 bridgehead atoms. The molecule has 1 aromatic heterocycles. The van der Waals surface area contributed by atoms with E-state index in [1.165, 1.54) is 11.1 Å². The molecule has 1 aromatic carbocycles. The van der Waals surface area contributed by atoms with E-state index in [1.54, 1.807) is 0 Å². The minimum absolute atomic E-state index is 0.0380. The Morgan fingerprint density at radius 3 is 2.79 bits per heavy atom. The van der Waals surface area contributed by atoms with E-state index < -0.39 is 12.7 Å². The first-order valence-corrected chi connectivity index (χ1v) is 7.89. The number of fused-ring (bicyclic) bond motifs is 1. The van der Waals surface area contributed by atoms with Gasteiger partial charge in [-0.3, -0.25) is 0 Å². The van der Waals surface area contributed by atoms with E-state index in [0.717, 1.165) is 12.8 Å². The van der Waals surface area contributed by atoms with Gasteiger partial charge in [0.05, 0.1) is 6.54 Å². The fourth-order valence-electron chi connectivity index (χ4n) is 3.22. The van der Waals surface area contributed by atoms with Gasteiger partial charge < -0.3 is 5.32 Å². The van der Waals surface area contributed by atoms with Crippen molar-refractivity contribution in [2.45, 2.75) is 52.0 Å². The van der Waals surface area contributed by atoms with Crippen molar-refractivity contribution in [3.8, 4) is 0 Å². The summed E-state index contributed by atoms with van der Waals surface area (Å²) in [7, 11) is 0. The van der Waals surface area contributed by atoms with Crippen LogP contribution in [-0.4, -0.2) is 26.4 Å². The summed E-state index contributed by atoms with van der Waals surface area (Å²) >= 11 is 0. The van der Waals surface area contributed by atoms with Gasteiger partial charge in [-0.1, -0.05) is 38.1 Å². The number of hydrogen-bond acceptors (Lipinski definition) is 4. The van der Waals surface area contributed by atoms with Crippen LogP contribution in [0.1, 0.15) is 43.3 Å². The van der Waals surface area contributed by atoms with Crippen LogP contribution in [0.3, 0.4) is 0 Å². The number of hydrogen-bond donors (Lipinski definition) is 1. The summed E-state index contributed by atoms with van der Waals surface area (Å²) in [6.45, 7) is 3.43. The molecule has 1 atom stereocenters. The van der Waals surface area contributed by atoms with Crippen molar-refractivity contribution in [2.24, 2.45) is 5.41 Å². The Balaban J connectivity index is 1.72. The number of aromatic nitrogens is 4. The standard InChI is InChI=1S/C16H20F3N5/c1-15(2)8-7-11-5-3-4-6-12(11)14(15)20-9-13-21-23-24(22-13)10-16(17,18)19/h3-6,14,20H,7-10H2,1-2H3/t14-/m1/s1. The lowest BCUT2D eigenvalue weighted by Crippen LogP contribution is -2.38. The largest absolute Gasteiger partial charge is 0.409 e. The number of nitrogens with zero attached hydrogens (tertiary/aromatic N) is 4. The molecule has 1 aliphatic carbocycles. The molecule has 1 heterocycles. The van der Waals surface area contributed by atoms with Crippen molar-refractivity contribution in [3.05, 3.63) is 41.2 Å². The predicted octanol–water partition coefficient (Wildman–Crippen LogP) is 3.04. The van der Waals surface area contributed by atoms with E-state index in [2.05, 4.69) is 46.7 Å². The predicted molar refractivity (Wildman–Crippen MR) is 82.0 cm³/mol. The number of halogens is 3. The quantitative estimate of drug-likeness (QED) is 0.930. The van der Waals surface area contributed by atoms with Gasteiger partial charge in [0, 0.05) is 6.04 Å². The van der Waals surface area contributed by atoms with Crippen LogP contribution >= 0.6 is 0 Å². The molecule has 0 fully saturated rings. The molecule has 5 nitrogen and oxygen atoms in total. The molecule has 1 aliphatic rings. The van der Waals surface area contributed by atoms with Crippen molar-refractivity contribution in [1.29, 1.82) is 0 Å². The Morgan fingerprint density at radius 1 is 1.29 bits per heavy atom. The van der Waals surface area contributed by atoms with Gasteiger partial charge in [0.25, 0.3) is 0 Å². The second-order valence-electron chi connectivity index (χ2n) is 6.85. The molecule has 130 valence electrons. The van der Waals surface area contributed by atoms with Crippen LogP contribution < -0.4 is 5.32 Å². The van der Waals surface area contributed by atoms with Crippen LogP contribution in [0, 0.1) is 5.41 Å². The summed E-state index contributed by atoms with van der Waals surface area (Å²) in [6.07, 6.45) is -2.28. The topological polar surface area (TPSA) is 55.6 Å². The summed E-state index contributed by atoms with van der Waals surface area (Å²) in [5.41, 5.74) is 2.58. The zero-order valence-electron chi connectivity index (χ0n) is 13.6. The van der Waals surface area contributed by atoms with E-state index in [0.29, 0.717) is 4.80 Å². The molecule has 0 unspecified atom stereocenters. The van der Waals surface area contributed by atoms with Crippen LogP contribution in [0.5, 0.6) is 0 Å². The molecule has 0 amide bonds. The van der Waals surface area contributed by atoms with Gasteiger partial charge in [-0.25, -0.2) is 0 Å². The lowest BCUT2D eigenvalue weighted by atomic mass is 9.70. The minimum Gasteiger partial charge on any atom is -0.302 e. The zero-order valence-corrected chi connectivity index (χ0v) is 13.6. The van der Waals surface area contributed by atoms with E-state index in [4.69, 9.17) is 0 Å². The Hall–Kier alpha value is -1.96. The smallest absolute Gasteiger partial charge is 0.302 e. The summed E-state index contributed by atoms with van der Waals surface area (Å²) in [5, 5.41) is 14.4. The Bertz CT molecular complexity index is 708. The van der Waals surface area contributed by atoms with Crippen LogP contribution in [-0.2, 0) is 19.5 Å². The fourth-order valence-corrected chi connectivity index (χ4v) is 3.22. The van der Waals surface area contributed by atoms with Gasteiger partial charge in [0.2, 0.25) is 0 Å². The van der Waals surface area contributed by atoms with E-state index in [9.17, 15) is 13.2 Å². The summed E-state index contributed by atoms with van der Waals surface area (Å²) in [5.74, 6) is 0.262. The lowest BCUT2D eigenvalue weighted by Gasteiger charge is -2.40. The monoisotopic (exact) mass is 339 g/mol.